The Bertz CT molecular complexity index is 844. The summed E-state index contributed by atoms with van der Waals surface area (Å²) in [6, 6.07) is 13.6. The van der Waals surface area contributed by atoms with Crippen molar-refractivity contribution < 1.29 is 14.3 Å². The summed E-state index contributed by atoms with van der Waals surface area (Å²) in [4.78, 5) is 24.5. The largest absolute Gasteiger partial charge is 0.456 e. The van der Waals surface area contributed by atoms with Crippen LogP contribution in [0.5, 0.6) is 0 Å². The lowest BCUT2D eigenvalue weighted by Crippen LogP contribution is -2.28. The molecule has 0 saturated heterocycles. The van der Waals surface area contributed by atoms with Gasteiger partial charge in [0, 0.05) is 17.5 Å². The average molecular weight is 369 g/mol. The minimum absolute atomic E-state index is 0.207. The zero-order chi connectivity index (χ0) is 18.2. The molecular formula is C19H19N3O3S. The van der Waals surface area contributed by atoms with E-state index in [1.165, 1.54) is 0 Å². The number of para-hydroxylation sites is 1. The maximum atomic E-state index is 11.8. The molecule has 0 aliphatic heterocycles. The van der Waals surface area contributed by atoms with E-state index < -0.39 is 5.97 Å². The molecular weight excluding hydrogens is 350 g/mol. The van der Waals surface area contributed by atoms with Crippen LogP contribution in [0, 0.1) is 0 Å². The molecule has 0 bridgehead atoms. The number of esters is 1. The molecule has 1 amide bonds. The molecule has 3 rings (SSSR count). The van der Waals surface area contributed by atoms with Crippen molar-refractivity contribution in [2.24, 2.45) is 0 Å². The maximum absolute atomic E-state index is 11.8. The molecule has 0 atom stereocenters. The van der Waals surface area contributed by atoms with Crippen molar-refractivity contribution in [3.8, 4) is 5.69 Å². The minimum atomic E-state index is -0.399. The van der Waals surface area contributed by atoms with Gasteiger partial charge in [-0.2, -0.15) is 5.10 Å². The van der Waals surface area contributed by atoms with Crippen molar-refractivity contribution in [1.82, 2.24) is 15.1 Å². The summed E-state index contributed by atoms with van der Waals surface area (Å²) in [5.74, 6) is -0.701. The number of benzene rings is 1. The third-order valence-electron chi connectivity index (χ3n) is 3.68. The first kappa shape index (κ1) is 17.9. The highest BCUT2D eigenvalue weighted by Crippen LogP contribution is 2.10. The second-order valence-corrected chi connectivity index (χ2v) is 6.68. The normalized spacial score (nSPS) is 10.5. The summed E-state index contributed by atoms with van der Waals surface area (Å²) < 4.78 is 6.77. The fraction of sp³-hybridized carbons (Fsp3) is 0.211. The Kier molecular flexibility index (Phi) is 6.16. The van der Waals surface area contributed by atoms with Gasteiger partial charge in [-0.05, 0) is 35.6 Å². The molecule has 1 N–H and O–H groups in total. The number of hydrogen-bond donors (Lipinski definition) is 1. The van der Waals surface area contributed by atoms with Gasteiger partial charge in [0.05, 0.1) is 18.4 Å². The summed E-state index contributed by atoms with van der Waals surface area (Å²) in [5.41, 5.74) is 1.90. The van der Waals surface area contributed by atoms with Crippen molar-refractivity contribution in [3.05, 3.63) is 70.7 Å². The van der Waals surface area contributed by atoms with Gasteiger partial charge in [-0.1, -0.05) is 24.3 Å². The highest BCUT2D eigenvalue weighted by Gasteiger charge is 2.09. The van der Waals surface area contributed by atoms with E-state index in [9.17, 15) is 9.59 Å². The van der Waals surface area contributed by atoms with Crippen LogP contribution in [0.3, 0.4) is 0 Å². The summed E-state index contributed by atoms with van der Waals surface area (Å²) in [5, 5.41) is 8.95. The number of carbonyl (C=O) groups is 2. The van der Waals surface area contributed by atoms with Crippen molar-refractivity contribution >= 4 is 23.2 Å². The van der Waals surface area contributed by atoms with Gasteiger partial charge in [0.15, 0.2) is 6.61 Å². The SMILES string of the molecule is O=C(COC(=O)CCc1cnn(-c2ccccc2)c1)NCc1cccs1. The van der Waals surface area contributed by atoms with Crippen LogP contribution in [0.15, 0.2) is 60.2 Å². The smallest absolute Gasteiger partial charge is 0.306 e. The van der Waals surface area contributed by atoms with Crippen molar-refractivity contribution in [2.45, 2.75) is 19.4 Å². The number of aryl methyl sites for hydroxylation is 1. The van der Waals surface area contributed by atoms with Gasteiger partial charge in [0.25, 0.3) is 5.91 Å². The molecule has 2 heterocycles. The Morgan fingerprint density at radius 1 is 1.15 bits per heavy atom. The lowest BCUT2D eigenvalue weighted by molar-refractivity contribution is -0.148. The number of carbonyl (C=O) groups excluding carboxylic acids is 2. The third kappa shape index (κ3) is 5.29. The lowest BCUT2D eigenvalue weighted by atomic mass is 10.2. The number of nitrogens with zero attached hydrogens (tertiary/aromatic N) is 2. The second-order valence-electron chi connectivity index (χ2n) is 5.65. The van der Waals surface area contributed by atoms with E-state index in [0.29, 0.717) is 13.0 Å². The molecule has 7 heteroatoms. The number of thiophene rings is 1. The molecule has 3 aromatic rings. The first-order valence-electron chi connectivity index (χ1n) is 8.24. The molecule has 0 fully saturated rings. The van der Waals surface area contributed by atoms with Gasteiger partial charge in [-0.3, -0.25) is 9.59 Å². The topological polar surface area (TPSA) is 73.2 Å². The zero-order valence-corrected chi connectivity index (χ0v) is 14.9. The van der Waals surface area contributed by atoms with Crippen LogP contribution in [0.25, 0.3) is 5.69 Å². The van der Waals surface area contributed by atoms with Crippen LogP contribution < -0.4 is 5.32 Å². The van der Waals surface area contributed by atoms with Crippen LogP contribution in [-0.4, -0.2) is 28.3 Å². The third-order valence-corrected chi connectivity index (χ3v) is 4.56. The van der Waals surface area contributed by atoms with E-state index >= 15 is 0 Å². The monoisotopic (exact) mass is 369 g/mol. The van der Waals surface area contributed by atoms with Gasteiger partial charge in [-0.15, -0.1) is 11.3 Å². The fourth-order valence-corrected chi connectivity index (χ4v) is 2.97. The Hall–Kier alpha value is -2.93. The molecule has 0 unspecified atom stereocenters. The number of amides is 1. The van der Waals surface area contributed by atoms with E-state index in [-0.39, 0.29) is 18.9 Å². The van der Waals surface area contributed by atoms with Gasteiger partial charge in [0.1, 0.15) is 0 Å². The van der Waals surface area contributed by atoms with Crippen LogP contribution >= 0.6 is 11.3 Å². The Balaban J connectivity index is 1.37. The van der Waals surface area contributed by atoms with Gasteiger partial charge in [-0.25, -0.2) is 4.68 Å². The zero-order valence-electron chi connectivity index (χ0n) is 14.1. The first-order chi connectivity index (χ1) is 12.7. The van der Waals surface area contributed by atoms with Crippen LogP contribution in [0.4, 0.5) is 0 Å². The number of rotatable bonds is 8. The summed E-state index contributed by atoms with van der Waals surface area (Å²) in [7, 11) is 0. The quantitative estimate of drug-likeness (QED) is 0.620. The average Bonchev–Trinajstić information content (AvgIpc) is 3.35. The molecule has 0 radical (unpaired) electrons. The maximum Gasteiger partial charge on any atom is 0.306 e. The molecule has 0 aliphatic rings. The standard InChI is InChI=1S/C19H19N3O3S/c23-18(20-12-17-7-4-10-26-17)14-25-19(24)9-8-15-11-21-22(13-15)16-5-2-1-3-6-16/h1-7,10-11,13H,8-9,12,14H2,(H,20,23). The predicted octanol–water partition coefficient (Wildman–Crippen LogP) is 2.73. The van der Waals surface area contributed by atoms with Crippen LogP contribution in [0.2, 0.25) is 0 Å². The van der Waals surface area contributed by atoms with E-state index in [0.717, 1.165) is 16.1 Å². The van der Waals surface area contributed by atoms with E-state index in [4.69, 9.17) is 4.74 Å². The predicted molar refractivity (Wildman–Crippen MR) is 99.0 cm³/mol. The highest BCUT2D eigenvalue weighted by molar-refractivity contribution is 7.09. The number of aromatic nitrogens is 2. The molecule has 2 aromatic heterocycles. The number of ether oxygens (including phenoxy) is 1. The minimum Gasteiger partial charge on any atom is -0.456 e. The summed E-state index contributed by atoms with van der Waals surface area (Å²) in [6.45, 7) is 0.195. The molecule has 6 nitrogen and oxygen atoms in total. The van der Waals surface area contributed by atoms with Crippen LogP contribution in [-0.2, 0) is 27.3 Å². The van der Waals surface area contributed by atoms with E-state index in [1.807, 2.05) is 54.0 Å². The van der Waals surface area contributed by atoms with Crippen molar-refractivity contribution in [1.29, 1.82) is 0 Å². The number of hydrogen-bond acceptors (Lipinski definition) is 5. The summed E-state index contributed by atoms with van der Waals surface area (Å²) in [6.07, 6.45) is 4.34. The Morgan fingerprint density at radius 2 is 2.00 bits per heavy atom. The van der Waals surface area contributed by atoms with Gasteiger partial charge in [0.2, 0.25) is 0 Å². The van der Waals surface area contributed by atoms with E-state index in [1.54, 1.807) is 22.2 Å². The number of nitrogens with one attached hydrogen (secondary N) is 1. The molecule has 26 heavy (non-hydrogen) atoms. The van der Waals surface area contributed by atoms with Gasteiger partial charge < -0.3 is 10.1 Å². The molecule has 0 aliphatic carbocycles. The Morgan fingerprint density at radius 3 is 2.77 bits per heavy atom. The Labute approximate surface area is 155 Å². The fourth-order valence-electron chi connectivity index (χ4n) is 2.33. The molecule has 0 spiro atoms. The lowest BCUT2D eigenvalue weighted by Gasteiger charge is -2.05. The molecule has 1 aromatic carbocycles. The summed E-state index contributed by atoms with van der Waals surface area (Å²) >= 11 is 1.56. The highest BCUT2D eigenvalue weighted by atomic mass is 32.1. The van der Waals surface area contributed by atoms with Crippen molar-refractivity contribution in [2.75, 3.05) is 6.61 Å². The molecule has 0 saturated carbocycles. The molecule has 134 valence electrons. The second kappa shape index (κ2) is 8.96. The van der Waals surface area contributed by atoms with Crippen LogP contribution in [0.1, 0.15) is 16.9 Å². The first-order valence-corrected chi connectivity index (χ1v) is 9.12. The van der Waals surface area contributed by atoms with E-state index in [2.05, 4.69) is 10.4 Å². The van der Waals surface area contributed by atoms with Gasteiger partial charge >= 0.3 is 5.97 Å². The van der Waals surface area contributed by atoms with Crippen molar-refractivity contribution in [3.63, 3.8) is 0 Å².